The Bertz CT molecular complexity index is 476. The van der Waals surface area contributed by atoms with Crippen LogP contribution in [0, 0.1) is 5.82 Å². The van der Waals surface area contributed by atoms with E-state index in [-0.39, 0.29) is 17.5 Å². The number of hydrogen-bond acceptors (Lipinski definition) is 1. The number of halogens is 5. The van der Waals surface area contributed by atoms with E-state index in [0.717, 1.165) is 12.5 Å². The molecule has 20 heavy (non-hydrogen) atoms. The lowest BCUT2D eigenvalue weighted by Gasteiger charge is -2.12. The van der Waals surface area contributed by atoms with E-state index in [4.69, 9.17) is 11.6 Å². The van der Waals surface area contributed by atoms with E-state index in [1.165, 1.54) is 0 Å². The van der Waals surface area contributed by atoms with Gasteiger partial charge in [0.15, 0.2) is 0 Å². The zero-order chi connectivity index (χ0) is 15.3. The molecule has 1 amide bonds. The molecule has 112 valence electrons. The van der Waals surface area contributed by atoms with Gasteiger partial charge in [0.05, 0.1) is 10.9 Å². The van der Waals surface area contributed by atoms with E-state index in [1.54, 1.807) is 0 Å². The SMILES string of the molecule is CCCC(Cl)CNC(=O)c1ccc(F)c(C(F)(F)F)c1. The average Bonchev–Trinajstić information content (AvgIpc) is 2.35. The van der Waals surface area contributed by atoms with Gasteiger partial charge in [0.1, 0.15) is 5.82 Å². The van der Waals surface area contributed by atoms with E-state index >= 15 is 0 Å². The van der Waals surface area contributed by atoms with Crippen LogP contribution in [0.3, 0.4) is 0 Å². The van der Waals surface area contributed by atoms with Gasteiger partial charge >= 0.3 is 6.18 Å². The number of hydrogen-bond donors (Lipinski definition) is 1. The summed E-state index contributed by atoms with van der Waals surface area (Å²) in [5, 5.41) is 2.14. The molecule has 0 heterocycles. The fourth-order valence-electron chi connectivity index (χ4n) is 1.60. The molecule has 2 nitrogen and oxygen atoms in total. The van der Waals surface area contributed by atoms with Crippen molar-refractivity contribution in [3.05, 3.63) is 35.1 Å². The molecule has 0 aliphatic heterocycles. The van der Waals surface area contributed by atoms with Crippen LogP contribution in [0.2, 0.25) is 0 Å². The molecule has 0 spiro atoms. The molecule has 1 rings (SSSR count). The van der Waals surface area contributed by atoms with E-state index < -0.39 is 23.5 Å². The maximum atomic E-state index is 13.1. The third-order valence-electron chi connectivity index (χ3n) is 2.62. The summed E-state index contributed by atoms with van der Waals surface area (Å²) in [6.07, 6.45) is -3.32. The van der Waals surface area contributed by atoms with Crippen molar-refractivity contribution < 1.29 is 22.4 Å². The first-order valence-corrected chi connectivity index (χ1v) is 6.48. The van der Waals surface area contributed by atoms with Crippen molar-refractivity contribution >= 4 is 17.5 Å². The minimum Gasteiger partial charge on any atom is -0.351 e. The normalized spacial score (nSPS) is 13.1. The van der Waals surface area contributed by atoms with E-state index in [2.05, 4.69) is 5.32 Å². The first-order chi connectivity index (χ1) is 9.25. The van der Waals surface area contributed by atoms with E-state index in [1.807, 2.05) is 6.92 Å². The number of carbonyl (C=O) groups excluding carboxylic acids is 1. The molecule has 7 heteroatoms. The molecular weight excluding hydrogens is 298 g/mol. The Morgan fingerprint density at radius 2 is 2.05 bits per heavy atom. The van der Waals surface area contributed by atoms with Gasteiger partial charge in [0.25, 0.3) is 5.91 Å². The molecule has 0 aliphatic carbocycles. The van der Waals surface area contributed by atoms with Gasteiger partial charge < -0.3 is 5.32 Å². The minimum absolute atomic E-state index is 0.146. The number of carbonyl (C=O) groups is 1. The molecule has 0 aromatic heterocycles. The third-order valence-corrected chi connectivity index (χ3v) is 2.99. The molecule has 1 unspecified atom stereocenters. The summed E-state index contributed by atoms with van der Waals surface area (Å²) >= 11 is 5.89. The van der Waals surface area contributed by atoms with Crippen LogP contribution in [0.4, 0.5) is 17.6 Å². The van der Waals surface area contributed by atoms with Gasteiger partial charge in [0, 0.05) is 12.1 Å². The Morgan fingerprint density at radius 3 is 2.60 bits per heavy atom. The monoisotopic (exact) mass is 311 g/mol. The Hall–Kier alpha value is -1.30. The standard InChI is InChI=1S/C13H14ClF4NO/c1-2-3-9(14)7-19-12(20)8-4-5-11(15)10(6-8)13(16,17)18/h4-6,9H,2-3,7H2,1H3,(H,19,20). The van der Waals surface area contributed by atoms with Crippen molar-refractivity contribution in [3.63, 3.8) is 0 Å². The highest BCUT2D eigenvalue weighted by Gasteiger charge is 2.34. The van der Waals surface area contributed by atoms with Gasteiger partial charge in [-0.25, -0.2) is 4.39 Å². The summed E-state index contributed by atoms with van der Waals surface area (Å²) in [7, 11) is 0. The second kappa shape index (κ2) is 6.92. The van der Waals surface area contributed by atoms with Crippen LogP contribution < -0.4 is 5.32 Å². The molecule has 1 N–H and O–H groups in total. The van der Waals surface area contributed by atoms with Crippen LogP contribution in [0.1, 0.15) is 35.7 Å². The molecule has 1 atom stereocenters. The highest BCUT2D eigenvalue weighted by molar-refractivity contribution is 6.20. The summed E-state index contributed by atoms with van der Waals surface area (Å²) in [5.74, 6) is -2.12. The van der Waals surface area contributed by atoms with Crippen molar-refractivity contribution in [2.45, 2.75) is 31.3 Å². The molecule has 0 saturated heterocycles. The van der Waals surface area contributed by atoms with Crippen LogP contribution in [-0.2, 0) is 6.18 Å². The van der Waals surface area contributed by atoms with Crippen LogP contribution in [-0.4, -0.2) is 17.8 Å². The summed E-state index contributed by atoms with van der Waals surface area (Å²) in [6.45, 7) is 2.07. The Kier molecular flexibility index (Phi) is 5.80. The molecule has 0 fully saturated rings. The van der Waals surface area contributed by atoms with Crippen LogP contribution in [0.15, 0.2) is 18.2 Å². The molecular formula is C13H14ClF4NO. The van der Waals surface area contributed by atoms with E-state index in [9.17, 15) is 22.4 Å². The van der Waals surface area contributed by atoms with E-state index in [0.29, 0.717) is 18.6 Å². The third kappa shape index (κ3) is 4.67. The summed E-state index contributed by atoms with van der Waals surface area (Å²) in [6, 6.07) is 2.12. The fraction of sp³-hybridized carbons (Fsp3) is 0.462. The lowest BCUT2D eigenvalue weighted by atomic mass is 10.1. The number of rotatable bonds is 5. The zero-order valence-electron chi connectivity index (χ0n) is 10.7. The van der Waals surface area contributed by atoms with Crippen molar-refractivity contribution in [3.8, 4) is 0 Å². The lowest BCUT2D eigenvalue weighted by molar-refractivity contribution is -0.140. The quantitative estimate of drug-likeness (QED) is 0.647. The van der Waals surface area contributed by atoms with Gasteiger partial charge in [-0.15, -0.1) is 11.6 Å². The van der Waals surface area contributed by atoms with Gasteiger partial charge in [-0.3, -0.25) is 4.79 Å². The predicted octanol–water partition coefficient (Wildman–Crippen LogP) is 3.98. The van der Waals surface area contributed by atoms with Gasteiger partial charge in [-0.05, 0) is 24.6 Å². The molecule has 0 aliphatic rings. The van der Waals surface area contributed by atoms with Gasteiger partial charge in [-0.2, -0.15) is 13.2 Å². The first-order valence-electron chi connectivity index (χ1n) is 6.04. The number of nitrogens with one attached hydrogen (secondary N) is 1. The largest absolute Gasteiger partial charge is 0.419 e. The smallest absolute Gasteiger partial charge is 0.351 e. The molecule has 0 saturated carbocycles. The number of amides is 1. The second-order valence-electron chi connectivity index (χ2n) is 4.29. The Morgan fingerprint density at radius 1 is 1.40 bits per heavy atom. The van der Waals surface area contributed by atoms with Crippen LogP contribution >= 0.6 is 11.6 Å². The van der Waals surface area contributed by atoms with Gasteiger partial charge in [0.2, 0.25) is 0 Å². The highest BCUT2D eigenvalue weighted by atomic mass is 35.5. The second-order valence-corrected chi connectivity index (χ2v) is 4.91. The van der Waals surface area contributed by atoms with Gasteiger partial charge in [-0.1, -0.05) is 13.3 Å². The summed E-state index contributed by atoms with van der Waals surface area (Å²) in [5.41, 5.74) is -1.71. The molecule has 0 radical (unpaired) electrons. The van der Waals surface area contributed by atoms with Crippen molar-refractivity contribution in [1.29, 1.82) is 0 Å². The molecule has 1 aromatic carbocycles. The molecule has 0 bridgehead atoms. The zero-order valence-corrected chi connectivity index (χ0v) is 11.5. The fourth-order valence-corrected chi connectivity index (χ4v) is 1.90. The number of alkyl halides is 4. The van der Waals surface area contributed by atoms with Crippen molar-refractivity contribution in [2.24, 2.45) is 0 Å². The topological polar surface area (TPSA) is 29.1 Å². The maximum Gasteiger partial charge on any atom is 0.419 e. The molecule has 1 aromatic rings. The summed E-state index contributed by atoms with van der Waals surface area (Å²) in [4.78, 5) is 11.7. The predicted molar refractivity (Wildman–Crippen MR) is 68.3 cm³/mol. The van der Waals surface area contributed by atoms with Crippen molar-refractivity contribution in [1.82, 2.24) is 5.32 Å². The van der Waals surface area contributed by atoms with Crippen LogP contribution in [0.5, 0.6) is 0 Å². The van der Waals surface area contributed by atoms with Crippen LogP contribution in [0.25, 0.3) is 0 Å². The Balaban J connectivity index is 2.79. The minimum atomic E-state index is -4.84. The maximum absolute atomic E-state index is 13.1. The summed E-state index contributed by atoms with van der Waals surface area (Å²) < 4.78 is 50.6. The highest BCUT2D eigenvalue weighted by Crippen LogP contribution is 2.31. The Labute approximate surface area is 119 Å². The number of benzene rings is 1. The average molecular weight is 312 g/mol. The van der Waals surface area contributed by atoms with Crippen molar-refractivity contribution in [2.75, 3.05) is 6.54 Å². The lowest BCUT2D eigenvalue weighted by Crippen LogP contribution is -2.30. The first kappa shape index (κ1) is 16.8.